The lowest BCUT2D eigenvalue weighted by molar-refractivity contribution is 0.255. The molecular weight excluding hydrogens is 183 g/mol. The van der Waals surface area contributed by atoms with Crippen LogP contribution in [0.25, 0.3) is 0 Å². The number of nitrogens with zero attached hydrogens (tertiary/aromatic N) is 1. The van der Waals surface area contributed by atoms with Gasteiger partial charge >= 0.3 is 0 Å². The zero-order valence-corrected chi connectivity index (χ0v) is 7.61. The van der Waals surface area contributed by atoms with Crippen LogP contribution in [0.15, 0.2) is 29.3 Å². The second kappa shape index (κ2) is 3.65. The Morgan fingerprint density at radius 1 is 1.43 bits per heavy atom. The topological polar surface area (TPSA) is 47.6 Å². The Morgan fingerprint density at radius 2 is 2.21 bits per heavy atom. The van der Waals surface area contributed by atoms with Gasteiger partial charge in [-0.15, -0.1) is 0 Å². The number of hydrogen-bond donors (Lipinski definition) is 1. The summed E-state index contributed by atoms with van der Waals surface area (Å²) in [4.78, 5) is 4.05. The van der Waals surface area contributed by atoms with Gasteiger partial charge in [-0.3, -0.25) is 0 Å². The van der Waals surface area contributed by atoms with Gasteiger partial charge in [-0.2, -0.15) is 0 Å². The van der Waals surface area contributed by atoms with E-state index in [1.54, 1.807) is 18.2 Å². The third-order valence-electron chi connectivity index (χ3n) is 2.19. The van der Waals surface area contributed by atoms with Crippen LogP contribution in [-0.2, 0) is 4.74 Å². The molecule has 74 valence electrons. The minimum absolute atomic E-state index is 0.143. The summed E-state index contributed by atoms with van der Waals surface area (Å²) < 4.78 is 18.3. The molecule has 1 heterocycles. The van der Waals surface area contributed by atoms with Gasteiger partial charge in [0.15, 0.2) is 0 Å². The standard InChI is InChI=1S/C10H11FN2O/c11-8-4-2-1-3-7(8)9-5-6-14-10(12)13-9/h1-4,9H,5-6H2,(H2,12,13). The van der Waals surface area contributed by atoms with Gasteiger partial charge in [-0.1, -0.05) is 18.2 Å². The molecule has 2 N–H and O–H groups in total. The summed E-state index contributed by atoms with van der Waals surface area (Å²) >= 11 is 0. The van der Waals surface area contributed by atoms with Crippen molar-refractivity contribution in [3.05, 3.63) is 35.6 Å². The number of hydrogen-bond acceptors (Lipinski definition) is 3. The van der Waals surface area contributed by atoms with Crippen LogP contribution in [-0.4, -0.2) is 12.6 Å². The summed E-state index contributed by atoms with van der Waals surface area (Å²) in [6.45, 7) is 0.494. The average molecular weight is 194 g/mol. The van der Waals surface area contributed by atoms with Crippen molar-refractivity contribution in [2.75, 3.05) is 6.61 Å². The highest BCUT2D eigenvalue weighted by atomic mass is 19.1. The summed E-state index contributed by atoms with van der Waals surface area (Å²) in [5.41, 5.74) is 6.00. The number of benzene rings is 1. The van der Waals surface area contributed by atoms with Crippen LogP contribution in [0.5, 0.6) is 0 Å². The molecular formula is C10H11FN2O. The van der Waals surface area contributed by atoms with Crippen molar-refractivity contribution in [1.29, 1.82) is 0 Å². The number of ether oxygens (including phenoxy) is 1. The molecule has 1 aromatic rings. The molecule has 0 spiro atoms. The van der Waals surface area contributed by atoms with E-state index in [0.717, 1.165) is 0 Å². The monoisotopic (exact) mass is 194 g/mol. The van der Waals surface area contributed by atoms with Crippen molar-refractivity contribution in [2.24, 2.45) is 10.7 Å². The summed E-state index contributed by atoms with van der Waals surface area (Å²) in [5.74, 6) is -0.240. The number of rotatable bonds is 1. The molecule has 0 radical (unpaired) electrons. The summed E-state index contributed by atoms with van der Waals surface area (Å²) in [6.07, 6.45) is 0.668. The fraction of sp³-hybridized carbons (Fsp3) is 0.300. The van der Waals surface area contributed by atoms with E-state index in [2.05, 4.69) is 4.99 Å². The third-order valence-corrected chi connectivity index (χ3v) is 2.19. The quantitative estimate of drug-likeness (QED) is 0.738. The SMILES string of the molecule is NC1=NC(c2ccccc2F)CCO1. The second-order valence-corrected chi connectivity index (χ2v) is 3.14. The maximum atomic E-state index is 13.4. The largest absolute Gasteiger partial charge is 0.465 e. The van der Waals surface area contributed by atoms with Crippen molar-refractivity contribution in [1.82, 2.24) is 0 Å². The van der Waals surface area contributed by atoms with Crippen LogP contribution in [0.1, 0.15) is 18.0 Å². The molecule has 0 aromatic heterocycles. The predicted octanol–water partition coefficient (Wildman–Crippen LogP) is 1.60. The van der Waals surface area contributed by atoms with E-state index in [-0.39, 0.29) is 17.9 Å². The van der Waals surface area contributed by atoms with Gasteiger partial charge in [0.1, 0.15) is 5.82 Å². The first-order valence-corrected chi connectivity index (χ1v) is 4.48. The first kappa shape index (κ1) is 8.99. The molecule has 1 aliphatic heterocycles. The molecule has 14 heavy (non-hydrogen) atoms. The first-order valence-electron chi connectivity index (χ1n) is 4.48. The molecule has 0 fully saturated rings. The van der Waals surface area contributed by atoms with Crippen LogP contribution in [0.2, 0.25) is 0 Å². The van der Waals surface area contributed by atoms with E-state index in [1.807, 2.05) is 0 Å². The molecule has 0 bridgehead atoms. The molecule has 4 heteroatoms. The molecule has 3 nitrogen and oxygen atoms in total. The molecule has 2 rings (SSSR count). The van der Waals surface area contributed by atoms with Crippen LogP contribution in [0.4, 0.5) is 4.39 Å². The Morgan fingerprint density at radius 3 is 2.93 bits per heavy atom. The zero-order chi connectivity index (χ0) is 9.97. The third kappa shape index (κ3) is 1.69. The summed E-state index contributed by atoms with van der Waals surface area (Å²) in [5, 5.41) is 0. The molecule has 1 aliphatic rings. The Hall–Kier alpha value is -1.58. The molecule has 1 atom stereocenters. The number of nitrogens with two attached hydrogens (primary N) is 1. The van der Waals surface area contributed by atoms with Crippen molar-refractivity contribution in [3.8, 4) is 0 Å². The maximum Gasteiger partial charge on any atom is 0.282 e. The minimum Gasteiger partial charge on any atom is -0.465 e. The molecule has 1 aromatic carbocycles. The van der Waals surface area contributed by atoms with Crippen molar-refractivity contribution in [2.45, 2.75) is 12.5 Å². The van der Waals surface area contributed by atoms with Gasteiger partial charge in [0, 0.05) is 12.0 Å². The smallest absolute Gasteiger partial charge is 0.282 e. The highest BCUT2D eigenvalue weighted by Gasteiger charge is 2.18. The van der Waals surface area contributed by atoms with Gasteiger partial charge in [0.05, 0.1) is 12.6 Å². The maximum absolute atomic E-state index is 13.4. The van der Waals surface area contributed by atoms with E-state index in [0.29, 0.717) is 18.6 Å². The Labute approximate surface area is 81.4 Å². The van der Waals surface area contributed by atoms with Crippen LogP contribution in [0.3, 0.4) is 0 Å². The van der Waals surface area contributed by atoms with Crippen molar-refractivity contribution < 1.29 is 9.13 Å². The second-order valence-electron chi connectivity index (χ2n) is 3.14. The average Bonchev–Trinajstić information content (AvgIpc) is 2.18. The van der Waals surface area contributed by atoms with Gasteiger partial charge in [-0.05, 0) is 6.07 Å². The molecule has 0 saturated carbocycles. The Bertz CT molecular complexity index is 365. The molecule has 1 unspecified atom stereocenters. The lowest BCUT2D eigenvalue weighted by atomic mass is 10.0. The fourth-order valence-corrected chi connectivity index (χ4v) is 1.50. The number of halogens is 1. The van der Waals surface area contributed by atoms with Gasteiger partial charge in [0.2, 0.25) is 0 Å². The van der Waals surface area contributed by atoms with Crippen LogP contribution in [0, 0.1) is 5.82 Å². The first-order chi connectivity index (χ1) is 6.77. The highest BCUT2D eigenvalue weighted by molar-refractivity contribution is 5.72. The van der Waals surface area contributed by atoms with E-state index in [1.165, 1.54) is 6.07 Å². The van der Waals surface area contributed by atoms with Crippen LogP contribution < -0.4 is 5.73 Å². The van der Waals surface area contributed by atoms with Gasteiger partial charge < -0.3 is 10.5 Å². The molecule has 0 saturated heterocycles. The number of amidine groups is 1. The van der Waals surface area contributed by atoms with Crippen molar-refractivity contribution >= 4 is 6.02 Å². The molecule has 0 aliphatic carbocycles. The number of aliphatic imine (C=N–C) groups is 1. The summed E-state index contributed by atoms with van der Waals surface area (Å²) in [6, 6.07) is 6.54. The van der Waals surface area contributed by atoms with E-state index < -0.39 is 0 Å². The fourth-order valence-electron chi connectivity index (χ4n) is 1.50. The normalized spacial score (nSPS) is 21.2. The minimum atomic E-state index is -0.240. The van der Waals surface area contributed by atoms with E-state index >= 15 is 0 Å². The Kier molecular flexibility index (Phi) is 2.35. The van der Waals surface area contributed by atoms with Crippen LogP contribution >= 0.6 is 0 Å². The predicted molar refractivity (Wildman–Crippen MR) is 51.3 cm³/mol. The van der Waals surface area contributed by atoms with Crippen molar-refractivity contribution in [3.63, 3.8) is 0 Å². The lowest BCUT2D eigenvalue weighted by Gasteiger charge is -2.19. The highest BCUT2D eigenvalue weighted by Crippen LogP contribution is 2.25. The van der Waals surface area contributed by atoms with Gasteiger partial charge in [-0.25, -0.2) is 9.38 Å². The lowest BCUT2D eigenvalue weighted by Crippen LogP contribution is -2.24. The van der Waals surface area contributed by atoms with E-state index in [9.17, 15) is 4.39 Å². The molecule has 0 amide bonds. The van der Waals surface area contributed by atoms with Gasteiger partial charge in [0.25, 0.3) is 6.02 Å². The van der Waals surface area contributed by atoms with E-state index in [4.69, 9.17) is 10.5 Å². The Balaban J connectivity index is 2.31. The summed E-state index contributed by atoms with van der Waals surface area (Å²) in [7, 11) is 0. The zero-order valence-electron chi connectivity index (χ0n) is 7.61.